The Hall–Kier alpha value is -3.68. The van der Waals surface area contributed by atoms with Crippen LogP contribution in [0.15, 0.2) is 48.9 Å². The number of aryl methyl sites for hydroxylation is 2. The Balaban J connectivity index is 1.65. The van der Waals surface area contributed by atoms with Crippen LogP contribution in [-0.2, 0) is 11.8 Å². The summed E-state index contributed by atoms with van der Waals surface area (Å²) in [7, 11) is 3.27. The first-order chi connectivity index (χ1) is 13.5. The van der Waals surface area contributed by atoms with Gasteiger partial charge in [-0.1, -0.05) is 6.07 Å². The van der Waals surface area contributed by atoms with Gasteiger partial charge in [0.25, 0.3) is 5.91 Å². The highest BCUT2D eigenvalue weighted by Gasteiger charge is 2.13. The summed E-state index contributed by atoms with van der Waals surface area (Å²) < 4.78 is 6.81. The molecule has 0 radical (unpaired) electrons. The fourth-order valence-electron chi connectivity index (χ4n) is 2.86. The van der Waals surface area contributed by atoms with Crippen molar-refractivity contribution in [3.63, 3.8) is 0 Å². The molecule has 1 aromatic carbocycles. The molecule has 0 aliphatic heterocycles. The number of methoxy groups -OCH3 is 1. The van der Waals surface area contributed by atoms with Gasteiger partial charge in [-0.3, -0.25) is 19.3 Å². The highest BCUT2D eigenvalue weighted by atomic mass is 16.5. The first kappa shape index (κ1) is 19.1. The van der Waals surface area contributed by atoms with Crippen LogP contribution in [0.25, 0.3) is 11.1 Å². The molecule has 2 amide bonds. The molecule has 0 bridgehead atoms. The number of amides is 2. The average molecular weight is 379 g/mol. The van der Waals surface area contributed by atoms with Crippen LogP contribution in [0.2, 0.25) is 0 Å². The van der Waals surface area contributed by atoms with Crippen molar-refractivity contribution in [2.75, 3.05) is 19.0 Å². The predicted molar refractivity (Wildman–Crippen MR) is 105 cm³/mol. The third-order valence-electron chi connectivity index (χ3n) is 4.27. The number of nitrogens with zero attached hydrogens (tertiary/aromatic N) is 3. The molecule has 8 nitrogen and oxygen atoms in total. The molecule has 2 N–H and O–H groups in total. The number of hydrogen-bond acceptors (Lipinski definition) is 5. The maximum atomic E-state index is 12.2. The lowest BCUT2D eigenvalue weighted by Gasteiger charge is -2.13. The van der Waals surface area contributed by atoms with Crippen LogP contribution in [0.1, 0.15) is 16.1 Å². The zero-order valence-electron chi connectivity index (χ0n) is 15.9. The van der Waals surface area contributed by atoms with Crippen molar-refractivity contribution in [2.45, 2.75) is 6.92 Å². The van der Waals surface area contributed by atoms with Gasteiger partial charge in [0, 0.05) is 30.7 Å². The van der Waals surface area contributed by atoms with Crippen molar-refractivity contribution < 1.29 is 14.3 Å². The number of ether oxygens (including phenoxy) is 1. The SMILES string of the molecule is COc1cnccc1-c1ccc(NC(=O)CNC(=O)c2ccnn2C)cc1C. The second kappa shape index (κ2) is 8.34. The topological polar surface area (TPSA) is 98.1 Å². The molecule has 28 heavy (non-hydrogen) atoms. The third-order valence-corrected chi connectivity index (χ3v) is 4.27. The lowest BCUT2D eigenvalue weighted by atomic mass is 10.0. The second-order valence-corrected chi connectivity index (χ2v) is 6.18. The molecule has 2 aromatic heterocycles. The number of nitrogens with one attached hydrogen (secondary N) is 2. The highest BCUT2D eigenvalue weighted by Crippen LogP contribution is 2.32. The Morgan fingerprint density at radius 1 is 1.14 bits per heavy atom. The van der Waals surface area contributed by atoms with Crippen molar-refractivity contribution in [1.29, 1.82) is 0 Å². The average Bonchev–Trinajstić information content (AvgIpc) is 3.12. The van der Waals surface area contributed by atoms with Gasteiger partial charge < -0.3 is 15.4 Å². The Labute approximate surface area is 162 Å². The summed E-state index contributed by atoms with van der Waals surface area (Å²) in [6.07, 6.45) is 4.89. The van der Waals surface area contributed by atoms with Crippen LogP contribution in [0.3, 0.4) is 0 Å². The first-order valence-corrected chi connectivity index (χ1v) is 8.64. The molecule has 8 heteroatoms. The molecule has 0 saturated heterocycles. The second-order valence-electron chi connectivity index (χ2n) is 6.18. The van der Waals surface area contributed by atoms with Gasteiger partial charge in [-0.15, -0.1) is 0 Å². The minimum absolute atomic E-state index is 0.136. The lowest BCUT2D eigenvalue weighted by Crippen LogP contribution is -2.33. The van der Waals surface area contributed by atoms with Gasteiger partial charge in [-0.25, -0.2) is 0 Å². The highest BCUT2D eigenvalue weighted by molar-refractivity contribution is 5.98. The van der Waals surface area contributed by atoms with Crippen molar-refractivity contribution in [3.05, 3.63) is 60.2 Å². The summed E-state index contributed by atoms with van der Waals surface area (Å²) in [5.74, 6) is 0.0101. The minimum atomic E-state index is -0.355. The van der Waals surface area contributed by atoms with Crippen LogP contribution in [0.4, 0.5) is 5.69 Å². The van der Waals surface area contributed by atoms with Gasteiger partial charge in [0.2, 0.25) is 5.91 Å². The van der Waals surface area contributed by atoms with Crippen LogP contribution >= 0.6 is 0 Å². The quantitative estimate of drug-likeness (QED) is 0.684. The Morgan fingerprint density at radius 2 is 1.96 bits per heavy atom. The molecule has 0 saturated carbocycles. The number of benzene rings is 1. The third kappa shape index (κ3) is 4.17. The zero-order valence-corrected chi connectivity index (χ0v) is 15.9. The molecule has 0 unspecified atom stereocenters. The van der Waals surface area contributed by atoms with E-state index in [-0.39, 0.29) is 18.4 Å². The van der Waals surface area contributed by atoms with Gasteiger partial charge in [0.05, 0.1) is 19.9 Å². The number of pyridine rings is 1. The number of aromatic nitrogens is 3. The van der Waals surface area contributed by atoms with Crippen LogP contribution < -0.4 is 15.4 Å². The number of carbonyl (C=O) groups is 2. The van der Waals surface area contributed by atoms with Crippen LogP contribution in [0, 0.1) is 6.92 Å². The molecule has 144 valence electrons. The molecule has 3 rings (SSSR count). The summed E-state index contributed by atoms with van der Waals surface area (Å²) in [5, 5.41) is 9.29. The van der Waals surface area contributed by atoms with E-state index in [9.17, 15) is 9.59 Å². The van der Waals surface area contributed by atoms with E-state index < -0.39 is 0 Å². The van der Waals surface area contributed by atoms with Gasteiger partial charge in [0.1, 0.15) is 11.4 Å². The molecule has 0 spiro atoms. The van der Waals surface area contributed by atoms with E-state index in [1.54, 1.807) is 32.6 Å². The smallest absolute Gasteiger partial charge is 0.269 e. The van der Waals surface area contributed by atoms with Gasteiger partial charge in [0.15, 0.2) is 0 Å². The minimum Gasteiger partial charge on any atom is -0.494 e. The van der Waals surface area contributed by atoms with Crippen molar-refractivity contribution in [1.82, 2.24) is 20.1 Å². The summed E-state index contributed by atoms with van der Waals surface area (Å²) in [5.41, 5.74) is 3.92. The van der Waals surface area contributed by atoms with Gasteiger partial charge >= 0.3 is 0 Å². The maximum Gasteiger partial charge on any atom is 0.269 e. The summed E-state index contributed by atoms with van der Waals surface area (Å²) in [4.78, 5) is 28.3. The molecule has 0 aliphatic rings. The van der Waals surface area contributed by atoms with E-state index in [4.69, 9.17) is 4.74 Å². The predicted octanol–water partition coefficient (Wildman–Crippen LogP) is 2.17. The van der Waals surface area contributed by atoms with E-state index in [1.165, 1.54) is 10.9 Å². The molecule has 3 aromatic rings. The Kier molecular flexibility index (Phi) is 5.69. The van der Waals surface area contributed by atoms with E-state index in [2.05, 4.69) is 20.7 Å². The number of carbonyl (C=O) groups excluding carboxylic acids is 2. The fourth-order valence-corrected chi connectivity index (χ4v) is 2.86. The monoisotopic (exact) mass is 379 g/mol. The van der Waals surface area contributed by atoms with Gasteiger partial charge in [-0.2, -0.15) is 5.10 Å². The van der Waals surface area contributed by atoms with E-state index >= 15 is 0 Å². The van der Waals surface area contributed by atoms with Gasteiger partial charge in [-0.05, 0) is 42.3 Å². The first-order valence-electron chi connectivity index (χ1n) is 8.64. The fraction of sp³-hybridized carbons (Fsp3) is 0.200. The molecular formula is C20H21N5O3. The Morgan fingerprint density at radius 3 is 2.64 bits per heavy atom. The normalized spacial score (nSPS) is 10.4. The van der Waals surface area contributed by atoms with Crippen LogP contribution in [0.5, 0.6) is 5.75 Å². The number of hydrogen-bond donors (Lipinski definition) is 2. The summed E-state index contributed by atoms with van der Waals surface area (Å²) >= 11 is 0. The van der Waals surface area contributed by atoms with E-state index in [0.717, 1.165) is 16.7 Å². The number of anilines is 1. The van der Waals surface area contributed by atoms with E-state index in [0.29, 0.717) is 17.1 Å². The van der Waals surface area contributed by atoms with Crippen molar-refractivity contribution in [3.8, 4) is 16.9 Å². The molecule has 0 atom stereocenters. The lowest BCUT2D eigenvalue weighted by molar-refractivity contribution is -0.115. The largest absolute Gasteiger partial charge is 0.494 e. The molecule has 2 heterocycles. The van der Waals surface area contributed by atoms with Crippen molar-refractivity contribution in [2.24, 2.45) is 7.05 Å². The number of rotatable bonds is 6. The summed E-state index contributed by atoms with van der Waals surface area (Å²) in [6, 6.07) is 9.06. The molecular weight excluding hydrogens is 358 g/mol. The van der Waals surface area contributed by atoms with Crippen LogP contribution in [-0.4, -0.2) is 40.2 Å². The molecule has 0 fully saturated rings. The summed E-state index contributed by atoms with van der Waals surface area (Å²) in [6.45, 7) is 1.82. The zero-order chi connectivity index (χ0) is 20.1. The standard InChI is InChI=1S/C20H21N5O3/c1-13-10-14(4-5-15(13)16-6-8-21-11-18(16)28-3)24-19(26)12-22-20(27)17-7-9-23-25(17)2/h4-11H,12H2,1-3H3,(H,22,27)(H,24,26). The Bertz CT molecular complexity index is 1010. The van der Waals surface area contributed by atoms with Crippen molar-refractivity contribution >= 4 is 17.5 Å². The maximum absolute atomic E-state index is 12.2. The van der Waals surface area contributed by atoms with E-state index in [1.807, 2.05) is 31.2 Å². The molecule has 0 aliphatic carbocycles.